The normalized spacial score (nSPS) is 16.9. The molecule has 1 aliphatic heterocycles. The summed E-state index contributed by atoms with van der Waals surface area (Å²) in [7, 11) is 0. The molecule has 2 aromatic heterocycles. The van der Waals surface area contributed by atoms with Crippen LogP contribution in [0.5, 0.6) is 0 Å². The number of aryl methyl sites for hydroxylation is 1. The number of nitrogens with one attached hydrogen (secondary N) is 1. The fourth-order valence-corrected chi connectivity index (χ4v) is 4.32. The van der Waals surface area contributed by atoms with Crippen molar-refractivity contribution in [2.75, 3.05) is 18.4 Å². The number of piperidine rings is 1. The molecule has 1 unspecified atom stereocenters. The van der Waals surface area contributed by atoms with Crippen molar-refractivity contribution in [3.8, 4) is 11.1 Å². The molecule has 1 aromatic carbocycles. The largest absolute Gasteiger partial charge is 0.381 e. The molecule has 1 aliphatic rings. The Hall–Kier alpha value is -3.19. The summed E-state index contributed by atoms with van der Waals surface area (Å²) in [5.41, 5.74) is 3.50. The molecule has 7 nitrogen and oxygen atoms in total. The van der Waals surface area contributed by atoms with Crippen molar-refractivity contribution in [2.45, 2.75) is 65.8 Å². The number of fused-ring (bicyclic) bond motifs is 1. The number of hydroxylamine groups is 2. The van der Waals surface area contributed by atoms with Crippen LogP contribution in [0.3, 0.4) is 0 Å². The van der Waals surface area contributed by atoms with Crippen LogP contribution in [0.25, 0.3) is 16.8 Å². The predicted molar refractivity (Wildman–Crippen MR) is 139 cm³/mol. The number of carbonyl (C=O) groups is 1. The van der Waals surface area contributed by atoms with E-state index in [0.29, 0.717) is 17.8 Å². The van der Waals surface area contributed by atoms with Crippen LogP contribution in [0.4, 0.5) is 5.69 Å². The lowest BCUT2D eigenvalue weighted by molar-refractivity contribution is -0.204. The number of hydrogen-bond donors (Lipinski definition) is 1. The molecule has 7 heteroatoms. The highest BCUT2D eigenvalue weighted by Crippen LogP contribution is 2.25. The topological polar surface area (TPSA) is 75.9 Å². The zero-order valence-corrected chi connectivity index (χ0v) is 21.2. The molecule has 3 heterocycles. The Morgan fingerprint density at radius 2 is 1.94 bits per heavy atom. The molecule has 0 amide bonds. The van der Waals surface area contributed by atoms with Gasteiger partial charge in [-0.05, 0) is 76.3 Å². The van der Waals surface area contributed by atoms with Gasteiger partial charge in [0.05, 0.1) is 23.2 Å². The molecule has 35 heavy (non-hydrogen) atoms. The third-order valence-corrected chi connectivity index (χ3v) is 6.33. The first kappa shape index (κ1) is 24.9. The first-order valence-corrected chi connectivity index (χ1v) is 12.6. The molecule has 1 atom stereocenters. The van der Waals surface area contributed by atoms with Gasteiger partial charge in [0.1, 0.15) is 5.65 Å². The molecule has 1 fully saturated rings. The molecule has 186 valence electrons. The molecule has 0 bridgehead atoms. The fraction of sp³-hybridized carbons (Fsp3) is 0.464. The maximum absolute atomic E-state index is 13.4. The Morgan fingerprint density at radius 3 is 2.66 bits per heavy atom. The Morgan fingerprint density at radius 1 is 1.17 bits per heavy atom. The Balaban J connectivity index is 1.52. The van der Waals surface area contributed by atoms with Crippen LogP contribution in [0.1, 0.15) is 59.1 Å². The van der Waals surface area contributed by atoms with E-state index in [-0.39, 0.29) is 17.6 Å². The van der Waals surface area contributed by atoms with Gasteiger partial charge in [-0.25, -0.2) is 9.78 Å². The van der Waals surface area contributed by atoms with E-state index < -0.39 is 5.41 Å². The highest BCUT2D eigenvalue weighted by atomic mass is 16.7. The van der Waals surface area contributed by atoms with Crippen molar-refractivity contribution >= 4 is 17.3 Å². The SMILES string of the molecule is CCCCc1nc2ccccn2c(=O)c1-c1ccc(NC2CCCN(OC(=O)C(C)(C)C)C2)cc1. The lowest BCUT2D eigenvalue weighted by atomic mass is 9.98. The molecule has 1 saturated heterocycles. The van der Waals surface area contributed by atoms with E-state index in [1.54, 1.807) is 15.7 Å². The summed E-state index contributed by atoms with van der Waals surface area (Å²) in [6.07, 6.45) is 6.53. The standard InChI is InChI=1S/C28H36N4O3/c1-5-6-11-23-25(26(33)32-18-8-7-12-24(32)30-23)20-13-15-21(16-14-20)29-22-10-9-17-31(19-22)35-27(34)28(2,3)4/h7-8,12-16,18,22,29H,5-6,9-11,17,19H2,1-4H3. The van der Waals surface area contributed by atoms with Gasteiger partial charge in [-0.2, -0.15) is 0 Å². The van der Waals surface area contributed by atoms with Gasteiger partial charge >= 0.3 is 5.97 Å². The second kappa shape index (κ2) is 10.6. The van der Waals surface area contributed by atoms with E-state index in [1.807, 2.05) is 63.2 Å². The first-order chi connectivity index (χ1) is 16.8. The minimum Gasteiger partial charge on any atom is -0.381 e. The molecule has 3 aromatic rings. The number of aromatic nitrogens is 2. The average molecular weight is 477 g/mol. The van der Waals surface area contributed by atoms with Gasteiger partial charge in [0.25, 0.3) is 5.56 Å². The fourth-order valence-electron chi connectivity index (χ4n) is 4.32. The zero-order chi connectivity index (χ0) is 25.0. The molecular formula is C28H36N4O3. The van der Waals surface area contributed by atoms with Crippen molar-refractivity contribution in [1.29, 1.82) is 0 Å². The van der Waals surface area contributed by atoms with Gasteiger partial charge in [-0.1, -0.05) is 31.5 Å². The van der Waals surface area contributed by atoms with E-state index in [2.05, 4.69) is 12.2 Å². The number of benzene rings is 1. The number of unbranched alkanes of at least 4 members (excludes halogenated alkanes) is 1. The van der Waals surface area contributed by atoms with Crippen LogP contribution in [0.2, 0.25) is 0 Å². The summed E-state index contributed by atoms with van der Waals surface area (Å²) in [5.74, 6) is -0.211. The maximum Gasteiger partial charge on any atom is 0.330 e. The van der Waals surface area contributed by atoms with Gasteiger partial charge < -0.3 is 10.2 Å². The van der Waals surface area contributed by atoms with Crippen LogP contribution in [0.15, 0.2) is 53.5 Å². The van der Waals surface area contributed by atoms with Crippen molar-refractivity contribution in [3.63, 3.8) is 0 Å². The summed E-state index contributed by atoms with van der Waals surface area (Å²) in [4.78, 5) is 36.0. The highest BCUT2D eigenvalue weighted by molar-refractivity contribution is 5.75. The lowest BCUT2D eigenvalue weighted by Crippen LogP contribution is -2.44. The summed E-state index contributed by atoms with van der Waals surface area (Å²) in [5, 5.41) is 5.33. The van der Waals surface area contributed by atoms with E-state index in [9.17, 15) is 9.59 Å². The molecule has 0 saturated carbocycles. The van der Waals surface area contributed by atoms with Gasteiger partial charge in [0.15, 0.2) is 0 Å². The van der Waals surface area contributed by atoms with Crippen LogP contribution < -0.4 is 10.9 Å². The monoisotopic (exact) mass is 476 g/mol. The Kier molecular flexibility index (Phi) is 7.55. The highest BCUT2D eigenvalue weighted by Gasteiger charge is 2.29. The zero-order valence-electron chi connectivity index (χ0n) is 21.2. The number of hydrogen-bond acceptors (Lipinski definition) is 6. The molecular weight excluding hydrogens is 440 g/mol. The number of pyridine rings is 1. The second-order valence-corrected chi connectivity index (χ2v) is 10.3. The Bertz CT molecular complexity index is 1230. The molecule has 0 spiro atoms. The van der Waals surface area contributed by atoms with Gasteiger partial charge in [-0.3, -0.25) is 9.20 Å². The number of nitrogens with zero attached hydrogens (tertiary/aromatic N) is 3. The number of carbonyl (C=O) groups excluding carboxylic acids is 1. The third-order valence-electron chi connectivity index (χ3n) is 6.33. The quantitative estimate of drug-likeness (QED) is 0.512. The van der Waals surface area contributed by atoms with E-state index in [1.165, 1.54) is 0 Å². The molecule has 0 aliphatic carbocycles. The molecule has 0 radical (unpaired) electrons. The lowest BCUT2D eigenvalue weighted by Gasteiger charge is -2.33. The average Bonchev–Trinajstić information content (AvgIpc) is 2.83. The van der Waals surface area contributed by atoms with Crippen LogP contribution in [0, 0.1) is 5.41 Å². The van der Waals surface area contributed by atoms with E-state index in [0.717, 1.165) is 55.6 Å². The minimum atomic E-state index is -0.525. The van der Waals surface area contributed by atoms with Crippen molar-refractivity contribution < 1.29 is 9.63 Å². The number of anilines is 1. The smallest absolute Gasteiger partial charge is 0.330 e. The van der Waals surface area contributed by atoms with Crippen LogP contribution in [-0.2, 0) is 16.1 Å². The van der Waals surface area contributed by atoms with Gasteiger partial charge in [0, 0.05) is 24.5 Å². The molecule has 4 rings (SSSR count). The second-order valence-electron chi connectivity index (χ2n) is 10.3. The summed E-state index contributed by atoms with van der Waals surface area (Å²) >= 11 is 0. The van der Waals surface area contributed by atoms with Crippen LogP contribution >= 0.6 is 0 Å². The van der Waals surface area contributed by atoms with Crippen LogP contribution in [-0.4, -0.2) is 39.5 Å². The van der Waals surface area contributed by atoms with Crippen molar-refractivity contribution in [1.82, 2.24) is 14.4 Å². The van der Waals surface area contributed by atoms with Crippen molar-refractivity contribution in [2.24, 2.45) is 5.41 Å². The van der Waals surface area contributed by atoms with Gasteiger partial charge in [-0.15, -0.1) is 5.06 Å². The maximum atomic E-state index is 13.4. The van der Waals surface area contributed by atoms with E-state index >= 15 is 0 Å². The predicted octanol–water partition coefficient (Wildman–Crippen LogP) is 5.08. The summed E-state index contributed by atoms with van der Waals surface area (Å²) < 4.78 is 1.62. The van der Waals surface area contributed by atoms with Gasteiger partial charge in [0.2, 0.25) is 0 Å². The molecule has 1 N–H and O–H groups in total. The minimum absolute atomic E-state index is 0.0361. The number of rotatable bonds is 7. The van der Waals surface area contributed by atoms with E-state index in [4.69, 9.17) is 9.82 Å². The third kappa shape index (κ3) is 5.90. The summed E-state index contributed by atoms with van der Waals surface area (Å²) in [6, 6.07) is 13.8. The Labute approximate surface area is 207 Å². The first-order valence-electron chi connectivity index (χ1n) is 12.6. The van der Waals surface area contributed by atoms with Crippen molar-refractivity contribution in [3.05, 3.63) is 64.7 Å². The summed E-state index contributed by atoms with van der Waals surface area (Å²) in [6.45, 7) is 9.12.